The molecule has 86 valence electrons. The number of carbonyl (C=O) groups is 1. The van der Waals surface area contributed by atoms with Gasteiger partial charge in [-0.3, -0.25) is 4.79 Å². The Morgan fingerprint density at radius 1 is 1.25 bits per heavy atom. The van der Waals surface area contributed by atoms with Gasteiger partial charge in [-0.25, -0.2) is 4.39 Å². The van der Waals surface area contributed by atoms with Crippen molar-refractivity contribution in [2.24, 2.45) is 5.92 Å². The number of hydrogen-bond donors (Lipinski definition) is 0. The Balaban J connectivity index is 2.35. The minimum Gasteiger partial charge on any atom is -0.294 e. The highest BCUT2D eigenvalue weighted by Crippen LogP contribution is 2.32. The summed E-state index contributed by atoms with van der Waals surface area (Å²) < 4.78 is 13.3. The second kappa shape index (κ2) is 4.72. The second-order valence-corrected chi connectivity index (χ2v) is 4.91. The van der Waals surface area contributed by atoms with Crippen LogP contribution in [0.5, 0.6) is 0 Å². The van der Waals surface area contributed by atoms with E-state index in [0.717, 1.165) is 31.7 Å². The highest BCUT2D eigenvalue weighted by atomic mass is 35.5. The summed E-state index contributed by atoms with van der Waals surface area (Å²) in [7, 11) is 0. The molecule has 4 heteroatoms. The lowest BCUT2D eigenvalue weighted by Crippen LogP contribution is -2.12. The van der Waals surface area contributed by atoms with Crippen molar-refractivity contribution in [3.05, 3.63) is 33.6 Å². The van der Waals surface area contributed by atoms with E-state index in [1.165, 1.54) is 6.07 Å². The first-order valence-electron chi connectivity index (χ1n) is 5.28. The van der Waals surface area contributed by atoms with Gasteiger partial charge in [0.25, 0.3) is 0 Å². The smallest absolute Gasteiger partial charge is 0.167 e. The number of halogens is 3. The summed E-state index contributed by atoms with van der Waals surface area (Å²) in [6.07, 6.45) is 3.83. The van der Waals surface area contributed by atoms with Gasteiger partial charge in [0.15, 0.2) is 5.78 Å². The van der Waals surface area contributed by atoms with Gasteiger partial charge in [0.2, 0.25) is 0 Å². The molecule has 0 atom stereocenters. The minimum atomic E-state index is -0.629. The number of hydrogen-bond acceptors (Lipinski definition) is 1. The molecule has 1 saturated carbocycles. The summed E-state index contributed by atoms with van der Waals surface area (Å²) in [6, 6.07) is 2.57. The predicted molar refractivity (Wildman–Crippen MR) is 62.7 cm³/mol. The van der Waals surface area contributed by atoms with Crippen molar-refractivity contribution in [1.29, 1.82) is 0 Å². The van der Waals surface area contributed by atoms with E-state index in [9.17, 15) is 9.18 Å². The lowest BCUT2D eigenvalue weighted by molar-refractivity contribution is 0.0922. The molecule has 0 N–H and O–H groups in total. The normalized spacial score (nSPS) is 16.7. The largest absolute Gasteiger partial charge is 0.294 e. The number of Topliss-reactive ketones (excluding diaryl/α,β-unsaturated/α-hetero) is 1. The highest BCUT2D eigenvalue weighted by Gasteiger charge is 2.26. The van der Waals surface area contributed by atoms with Gasteiger partial charge in [-0.2, -0.15) is 0 Å². The van der Waals surface area contributed by atoms with Gasteiger partial charge in [0, 0.05) is 16.5 Å². The third-order valence-electron chi connectivity index (χ3n) is 2.98. The topological polar surface area (TPSA) is 17.1 Å². The van der Waals surface area contributed by atoms with Crippen LogP contribution in [0.1, 0.15) is 36.0 Å². The number of ketones is 1. The van der Waals surface area contributed by atoms with Gasteiger partial charge >= 0.3 is 0 Å². The molecule has 1 fully saturated rings. The molecule has 2 rings (SSSR count). The Labute approximate surface area is 104 Å². The maximum atomic E-state index is 13.3. The Bertz CT molecular complexity index is 425. The van der Waals surface area contributed by atoms with E-state index in [2.05, 4.69) is 0 Å². The van der Waals surface area contributed by atoms with E-state index in [1.807, 2.05) is 0 Å². The van der Waals surface area contributed by atoms with Gasteiger partial charge in [-0.05, 0) is 25.0 Å². The fraction of sp³-hybridized carbons (Fsp3) is 0.417. The molecule has 0 unspecified atom stereocenters. The average Bonchev–Trinajstić information content (AvgIpc) is 2.75. The summed E-state index contributed by atoms with van der Waals surface area (Å²) >= 11 is 11.5. The zero-order valence-electron chi connectivity index (χ0n) is 8.60. The van der Waals surface area contributed by atoms with Crippen LogP contribution in [0.4, 0.5) is 4.39 Å². The molecule has 0 saturated heterocycles. The zero-order valence-corrected chi connectivity index (χ0v) is 10.1. The van der Waals surface area contributed by atoms with Crippen LogP contribution in [-0.2, 0) is 0 Å². The molecule has 0 radical (unpaired) electrons. The molecular weight excluding hydrogens is 250 g/mol. The van der Waals surface area contributed by atoms with E-state index in [4.69, 9.17) is 23.2 Å². The highest BCUT2D eigenvalue weighted by molar-refractivity contribution is 6.36. The van der Waals surface area contributed by atoms with Gasteiger partial charge in [0.05, 0.1) is 5.02 Å². The van der Waals surface area contributed by atoms with Crippen molar-refractivity contribution in [2.45, 2.75) is 25.7 Å². The van der Waals surface area contributed by atoms with Crippen molar-refractivity contribution in [1.82, 2.24) is 0 Å². The van der Waals surface area contributed by atoms with Crippen LogP contribution in [0.25, 0.3) is 0 Å². The third-order valence-corrected chi connectivity index (χ3v) is 3.59. The summed E-state index contributed by atoms with van der Waals surface area (Å²) in [5.41, 5.74) is 0.221. The van der Waals surface area contributed by atoms with Crippen LogP contribution in [-0.4, -0.2) is 5.78 Å². The van der Waals surface area contributed by atoms with Crippen LogP contribution < -0.4 is 0 Å². The minimum absolute atomic E-state index is 0.0182. The molecule has 0 aromatic heterocycles. The summed E-state index contributed by atoms with van der Waals surface area (Å²) in [5, 5.41) is 0.101. The van der Waals surface area contributed by atoms with Gasteiger partial charge in [0.1, 0.15) is 5.82 Å². The van der Waals surface area contributed by atoms with E-state index < -0.39 is 5.82 Å². The fourth-order valence-corrected chi connectivity index (χ4v) is 2.55. The molecule has 1 aliphatic carbocycles. The van der Waals surface area contributed by atoms with Crippen LogP contribution in [0, 0.1) is 11.7 Å². The van der Waals surface area contributed by atoms with Crippen molar-refractivity contribution >= 4 is 29.0 Å². The summed E-state index contributed by atoms with van der Waals surface area (Å²) in [6.45, 7) is 0. The first-order chi connectivity index (χ1) is 7.59. The van der Waals surface area contributed by atoms with E-state index >= 15 is 0 Å². The molecule has 16 heavy (non-hydrogen) atoms. The number of benzene rings is 1. The maximum absolute atomic E-state index is 13.3. The lowest BCUT2D eigenvalue weighted by Gasteiger charge is -2.10. The second-order valence-electron chi connectivity index (χ2n) is 4.09. The van der Waals surface area contributed by atoms with Crippen LogP contribution in [0.15, 0.2) is 12.1 Å². The van der Waals surface area contributed by atoms with Gasteiger partial charge < -0.3 is 0 Å². The molecule has 1 aromatic rings. The first kappa shape index (κ1) is 11.9. The van der Waals surface area contributed by atoms with E-state index in [0.29, 0.717) is 0 Å². The van der Waals surface area contributed by atoms with Gasteiger partial charge in [-0.1, -0.05) is 36.0 Å². The summed E-state index contributed by atoms with van der Waals surface area (Å²) in [4.78, 5) is 12.1. The van der Waals surface area contributed by atoms with Crippen molar-refractivity contribution in [3.8, 4) is 0 Å². The standard InChI is InChI=1S/C12H11Cl2FO/c13-8-5-9(11(14)10(15)6-8)12(16)7-3-1-2-4-7/h5-7H,1-4H2. The van der Waals surface area contributed by atoms with Crippen molar-refractivity contribution < 1.29 is 9.18 Å². The van der Waals surface area contributed by atoms with Crippen molar-refractivity contribution in [2.75, 3.05) is 0 Å². The predicted octanol–water partition coefficient (Wildman–Crippen LogP) is 4.51. The fourth-order valence-electron chi connectivity index (χ4n) is 2.14. The third kappa shape index (κ3) is 2.23. The number of rotatable bonds is 2. The van der Waals surface area contributed by atoms with Crippen LogP contribution in [0.3, 0.4) is 0 Å². The van der Waals surface area contributed by atoms with E-state index in [-0.39, 0.29) is 27.3 Å². The Morgan fingerprint density at radius 2 is 1.88 bits per heavy atom. The molecule has 0 aliphatic heterocycles. The monoisotopic (exact) mass is 260 g/mol. The van der Waals surface area contributed by atoms with Crippen LogP contribution >= 0.6 is 23.2 Å². The summed E-state index contributed by atoms with van der Waals surface area (Å²) in [5.74, 6) is -0.727. The molecule has 1 nitrogen and oxygen atoms in total. The SMILES string of the molecule is O=C(c1cc(Cl)cc(F)c1Cl)C1CCCC1. The Hall–Kier alpha value is -0.600. The molecule has 0 bridgehead atoms. The molecule has 1 aliphatic rings. The molecule has 0 heterocycles. The van der Waals surface area contributed by atoms with E-state index in [1.54, 1.807) is 0 Å². The first-order valence-corrected chi connectivity index (χ1v) is 6.04. The maximum Gasteiger partial charge on any atom is 0.167 e. The van der Waals surface area contributed by atoms with Gasteiger partial charge in [-0.15, -0.1) is 0 Å². The zero-order chi connectivity index (χ0) is 11.7. The molecule has 1 aromatic carbocycles. The Kier molecular flexibility index (Phi) is 3.50. The molecule has 0 spiro atoms. The van der Waals surface area contributed by atoms with Crippen LogP contribution in [0.2, 0.25) is 10.0 Å². The Morgan fingerprint density at radius 3 is 2.50 bits per heavy atom. The average molecular weight is 261 g/mol. The quantitative estimate of drug-likeness (QED) is 0.565. The number of carbonyl (C=O) groups excluding carboxylic acids is 1. The lowest BCUT2D eigenvalue weighted by atomic mass is 9.96. The molecule has 0 amide bonds. The van der Waals surface area contributed by atoms with Crippen molar-refractivity contribution in [3.63, 3.8) is 0 Å². The molecular formula is C12H11Cl2FO.